The van der Waals surface area contributed by atoms with E-state index in [1.54, 1.807) is 19.2 Å². The van der Waals surface area contributed by atoms with Gasteiger partial charge in [0.1, 0.15) is 10.6 Å². The molecule has 2 amide bonds. The van der Waals surface area contributed by atoms with E-state index in [9.17, 15) is 22.8 Å². The fourth-order valence-electron chi connectivity index (χ4n) is 3.27. The molecule has 2 heterocycles. The van der Waals surface area contributed by atoms with E-state index in [1.807, 2.05) is 30.3 Å². The number of rotatable bonds is 7. The summed E-state index contributed by atoms with van der Waals surface area (Å²) in [7, 11) is -3.14. The molecule has 8 nitrogen and oxygen atoms in total. The maximum atomic E-state index is 12.9. The summed E-state index contributed by atoms with van der Waals surface area (Å²) in [5.41, 5.74) is 2.31. The molecule has 10 heteroatoms. The van der Waals surface area contributed by atoms with Gasteiger partial charge in [0.25, 0.3) is 5.91 Å². The number of benzene rings is 1. The molecule has 0 radical (unpaired) electrons. The predicted molar refractivity (Wildman–Crippen MR) is 123 cm³/mol. The molecule has 1 atom stereocenters. The van der Waals surface area contributed by atoms with Gasteiger partial charge in [-0.3, -0.25) is 9.59 Å². The number of esters is 1. The van der Waals surface area contributed by atoms with E-state index in [1.165, 1.54) is 17.4 Å². The molecule has 0 spiro atoms. The van der Waals surface area contributed by atoms with Crippen LogP contribution >= 0.6 is 11.3 Å². The fourth-order valence-corrected chi connectivity index (χ4v) is 5.91. The highest BCUT2D eigenvalue weighted by molar-refractivity contribution is 7.91. The van der Waals surface area contributed by atoms with Gasteiger partial charge in [0.15, 0.2) is 16.4 Å². The van der Waals surface area contributed by atoms with E-state index < -0.39 is 34.4 Å². The Morgan fingerprint density at radius 2 is 1.91 bits per heavy atom. The number of amides is 2. The number of allylic oxidation sites excluding steroid dienone is 1. The molecule has 0 bridgehead atoms. The maximum absolute atomic E-state index is 12.9. The van der Waals surface area contributed by atoms with Gasteiger partial charge in [-0.2, -0.15) is 0 Å². The fraction of sp³-hybridized carbons (Fsp3) is 0.318. The summed E-state index contributed by atoms with van der Waals surface area (Å²) in [6.07, 6.45) is 1.76. The monoisotopic (exact) mass is 476 g/mol. The van der Waals surface area contributed by atoms with Gasteiger partial charge in [0.05, 0.1) is 11.5 Å². The smallest absolute Gasteiger partial charge is 0.342 e. The van der Waals surface area contributed by atoms with Crippen LogP contribution in [0.3, 0.4) is 0 Å². The van der Waals surface area contributed by atoms with Crippen LogP contribution in [0.1, 0.15) is 30.6 Å². The van der Waals surface area contributed by atoms with Crippen molar-refractivity contribution in [2.75, 3.05) is 23.4 Å². The lowest BCUT2D eigenvalue weighted by atomic mass is 10.0. The molecule has 3 rings (SSSR count). The lowest BCUT2D eigenvalue weighted by Gasteiger charge is -2.12. The molecule has 32 heavy (non-hydrogen) atoms. The van der Waals surface area contributed by atoms with Crippen LogP contribution in [-0.2, 0) is 24.2 Å². The molecule has 2 aromatic rings. The van der Waals surface area contributed by atoms with Gasteiger partial charge in [-0.25, -0.2) is 13.2 Å². The number of carbonyl (C=O) groups is 3. The van der Waals surface area contributed by atoms with Crippen molar-refractivity contribution in [3.05, 3.63) is 52.9 Å². The standard InChI is InChI=1S/C22H24N2O6S2/c1-14(2)10-18(25)24-21-20(17(12-31-21)15-6-4-3-5-7-15)22(27)30-11-19(26)23-16-8-9-32(28,29)13-16/h3-7,10,12,16H,8-9,11,13H2,1-2H3,(H,23,26)(H,24,25)/t16-/m0/s1. The predicted octanol–water partition coefficient (Wildman–Crippen LogP) is 2.78. The van der Waals surface area contributed by atoms with Crippen molar-refractivity contribution in [2.24, 2.45) is 0 Å². The Morgan fingerprint density at radius 3 is 2.53 bits per heavy atom. The molecule has 1 aliphatic rings. The Bertz CT molecular complexity index is 1150. The van der Waals surface area contributed by atoms with Crippen LogP contribution in [0.25, 0.3) is 11.1 Å². The summed E-state index contributed by atoms with van der Waals surface area (Å²) in [6, 6.07) is 8.67. The second-order valence-electron chi connectivity index (χ2n) is 7.67. The summed E-state index contributed by atoms with van der Waals surface area (Å²) < 4.78 is 28.3. The van der Waals surface area contributed by atoms with Crippen molar-refractivity contribution in [2.45, 2.75) is 26.3 Å². The zero-order valence-electron chi connectivity index (χ0n) is 17.7. The molecule has 0 aliphatic carbocycles. The third-order valence-electron chi connectivity index (χ3n) is 4.67. The Labute approximate surface area is 190 Å². The largest absolute Gasteiger partial charge is 0.452 e. The molecule has 0 saturated carbocycles. The van der Waals surface area contributed by atoms with Gasteiger partial charge in [0, 0.05) is 23.1 Å². The van der Waals surface area contributed by atoms with E-state index in [0.29, 0.717) is 17.0 Å². The molecule has 2 N–H and O–H groups in total. The molecular formula is C22H24N2O6S2. The van der Waals surface area contributed by atoms with Crippen molar-refractivity contribution in [1.29, 1.82) is 0 Å². The Balaban J connectivity index is 1.75. The minimum atomic E-state index is -3.14. The highest BCUT2D eigenvalue weighted by atomic mass is 32.2. The highest BCUT2D eigenvalue weighted by Crippen LogP contribution is 2.36. The topological polar surface area (TPSA) is 119 Å². The quantitative estimate of drug-likeness (QED) is 0.469. The van der Waals surface area contributed by atoms with Gasteiger partial charge in [-0.05, 0) is 25.8 Å². The number of sulfone groups is 1. The summed E-state index contributed by atoms with van der Waals surface area (Å²) in [5, 5.41) is 7.34. The summed E-state index contributed by atoms with van der Waals surface area (Å²) in [4.78, 5) is 37.3. The van der Waals surface area contributed by atoms with Crippen LogP contribution in [0.5, 0.6) is 0 Å². The van der Waals surface area contributed by atoms with Crippen molar-refractivity contribution >= 4 is 44.0 Å². The number of carbonyl (C=O) groups excluding carboxylic acids is 3. The molecule has 1 fully saturated rings. The van der Waals surface area contributed by atoms with E-state index >= 15 is 0 Å². The average Bonchev–Trinajstić information content (AvgIpc) is 3.28. The summed E-state index contributed by atoms with van der Waals surface area (Å²) in [6.45, 7) is 3.01. The minimum Gasteiger partial charge on any atom is -0.452 e. The van der Waals surface area contributed by atoms with E-state index in [4.69, 9.17) is 4.74 Å². The Hall–Kier alpha value is -2.98. The van der Waals surface area contributed by atoms with Crippen LogP contribution in [0.4, 0.5) is 5.00 Å². The lowest BCUT2D eigenvalue weighted by molar-refractivity contribution is -0.124. The average molecular weight is 477 g/mol. The molecule has 1 aromatic heterocycles. The van der Waals surface area contributed by atoms with Crippen LogP contribution in [-0.4, -0.2) is 50.4 Å². The number of ether oxygens (including phenoxy) is 1. The molecule has 170 valence electrons. The Morgan fingerprint density at radius 1 is 1.19 bits per heavy atom. The third-order valence-corrected chi connectivity index (χ3v) is 7.33. The van der Waals surface area contributed by atoms with E-state index in [-0.39, 0.29) is 23.0 Å². The highest BCUT2D eigenvalue weighted by Gasteiger charge is 2.29. The molecular weight excluding hydrogens is 452 g/mol. The van der Waals surface area contributed by atoms with E-state index in [2.05, 4.69) is 10.6 Å². The Kier molecular flexibility index (Phi) is 7.47. The molecule has 1 aliphatic heterocycles. The normalized spacial score (nSPS) is 16.8. The maximum Gasteiger partial charge on any atom is 0.342 e. The number of hydrogen-bond acceptors (Lipinski definition) is 7. The van der Waals surface area contributed by atoms with E-state index in [0.717, 1.165) is 11.1 Å². The number of nitrogens with one attached hydrogen (secondary N) is 2. The number of thiophene rings is 1. The minimum absolute atomic E-state index is 0.0296. The molecule has 0 unspecified atom stereocenters. The molecule has 1 aromatic carbocycles. The summed E-state index contributed by atoms with van der Waals surface area (Å²) in [5.74, 6) is -1.79. The van der Waals surface area contributed by atoms with Crippen LogP contribution < -0.4 is 10.6 Å². The van der Waals surface area contributed by atoms with Gasteiger partial charge in [-0.15, -0.1) is 11.3 Å². The van der Waals surface area contributed by atoms with Crippen LogP contribution in [0, 0.1) is 0 Å². The van der Waals surface area contributed by atoms with Crippen molar-refractivity contribution in [1.82, 2.24) is 5.32 Å². The van der Waals surface area contributed by atoms with Crippen molar-refractivity contribution in [3.63, 3.8) is 0 Å². The third kappa shape index (κ3) is 6.27. The van der Waals surface area contributed by atoms with Crippen molar-refractivity contribution < 1.29 is 27.5 Å². The number of hydrogen-bond donors (Lipinski definition) is 2. The first-order valence-electron chi connectivity index (χ1n) is 9.94. The second-order valence-corrected chi connectivity index (χ2v) is 10.8. The van der Waals surface area contributed by atoms with Gasteiger partial charge < -0.3 is 15.4 Å². The van der Waals surface area contributed by atoms with Gasteiger partial charge in [0.2, 0.25) is 5.91 Å². The van der Waals surface area contributed by atoms with Crippen LogP contribution in [0.15, 0.2) is 47.4 Å². The van der Waals surface area contributed by atoms with Crippen LogP contribution in [0.2, 0.25) is 0 Å². The van der Waals surface area contributed by atoms with Crippen molar-refractivity contribution in [3.8, 4) is 11.1 Å². The first-order chi connectivity index (χ1) is 15.1. The lowest BCUT2D eigenvalue weighted by Crippen LogP contribution is -2.38. The van der Waals surface area contributed by atoms with Gasteiger partial charge >= 0.3 is 5.97 Å². The molecule has 1 saturated heterocycles. The second kappa shape index (κ2) is 10.1. The first-order valence-corrected chi connectivity index (χ1v) is 12.6. The first kappa shape index (κ1) is 23.7. The zero-order chi connectivity index (χ0) is 23.3. The SMILES string of the molecule is CC(C)=CC(=O)Nc1scc(-c2ccccc2)c1C(=O)OCC(=O)N[C@H]1CCS(=O)(=O)C1. The summed E-state index contributed by atoms with van der Waals surface area (Å²) >= 11 is 1.19. The zero-order valence-corrected chi connectivity index (χ0v) is 19.3. The van der Waals surface area contributed by atoms with Gasteiger partial charge in [-0.1, -0.05) is 35.9 Å². The number of anilines is 1.